The van der Waals surface area contributed by atoms with Gasteiger partial charge in [-0.25, -0.2) is 9.59 Å². The molecule has 192 valence electrons. The maximum absolute atomic E-state index is 13.3. The topological polar surface area (TPSA) is 114 Å². The largest absolute Gasteiger partial charge is 0.450 e. The van der Waals surface area contributed by atoms with Gasteiger partial charge in [-0.15, -0.1) is 0 Å². The SMILES string of the molecule is CCOC(=O)NCN(C(=O)CNC(=O)OCc1ccccc1)c1ccc(Cl)cc1C(=O)c1ccccc1. The first kappa shape index (κ1) is 27.2. The Bertz CT molecular complexity index is 1240. The lowest BCUT2D eigenvalue weighted by Crippen LogP contribution is -2.46. The van der Waals surface area contributed by atoms with Gasteiger partial charge in [-0.3, -0.25) is 14.5 Å². The summed E-state index contributed by atoms with van der Waals surface area (Å²) in [6.45, 7) is 1.02. The van der Waals surface area contributed by atoms with Crippen molar-refractivity contribution in [3.05, 3.63) is 101 Å². The molecule has 0 unspecified atom stereocenters. The molecule has 0 aliphatic rings. The van der Waals surface area contributed by atoms with Gasteiger partial charge in [-0.2, -0.15) is 0 Å². The maximum atomic E-state index is 13.3. The van der Waals surface area contributed by atoms with E-state index in [4.69, 9.17) is 21.1 Å². The third-order valence-electron chi connectivity index (χ3n) is 5.08. The summed E-state index contributed by atoms with van der Waals surface area (Å²) in [6.07, 6.45) is -1.55. The number of hydrogen-bond donors (Lipinski definition) is 2. The van der Waals surface area contributed by atoms with Gasteiger partial charge in [-0.05, 0) is 30.7 Å². The fraction of sp³-hybridized carbons (Fsp3) is 0.185. The number of carbonyl (C=O) groups excluding carboxylic acids is 4. The van der Waals surface area contributed by atoms with Crippen LogP contribution in [0.4, 0.5) is 15.3 Å². The Balaban J connectivity index is 1.79. The molecule has 0 saturated carbocycles. The zero-order valence-electron chi connectivity index (χ0n) is 20.1. The van der Waals surface area contributed by atoms with Crippen LogP contribution in [0.15, 0.2) is 78.9 Å². The number of ether oxygens (including phenoxy) is 2. The van der Waals surface area contributed by atoms with Crippen LogP contribution in [0.25, 0.3) is 0 Å². The number of amides is 3. The van der Waals surface area contributed by atoms with E-state index in [9.17, 15) is 19.2 Å². The first-order valence-electron chi connectivity index (χ1n) is 11.4. The van der Waals surface area contributed by atoms with Gasteiger partial charge in [0.15, 0.2) is 5.78 Å². The number of rotatable bonds is 10. The fourth-order valence-electron chi connectivity index (χ4n) is 3.32. The third kappa shape index (κ3) is 8.08. The first-order valence-corrected chi connectivity index (χ1v) is 11.8. The molecular formula is C27H26ClN3O6. The summed E-state index contributed by atoms with van der Waals surface area (Å²) in [5.74, 6) is -0.986. The number of nitrogens with zero attached hydrogens (tertiary/aromatic N) is 1. The summed E-state index contributed by atoms with van der Waals surface area (Å²) in [5, 5.41) is 5.16. The second kappa shape index (κ2) is 13.6. The minimum Gasteiger partial charge on any atom is -0.450 e. The lowest BCUT2D eigenvalue weighted by atomic mass is 10.0. The molecule has 0 spiro atoms. The van der Waals surface area contributed by atoms with Crippen molar-refractivity contribution in [1.82, 2.24) is 10.6 Å². The van der Waals surface area contributed by atoms with Gasteiger partial charge in [0.2, 0.25) is 5.91 Å². The Hall–Kier alpha value is -4.37. The summed E-state index contributed by atoms with van der Waals surface area (Å²) in [4.78, 5) is 51.7. The van der Waals surface area contributed by atoms with Gasteiger partial charge in [0.25, 0.3) is 0 Å². The van der Waals surface area contributed by atoms with Crippen molar-refractivity contribution in [3.8, 4) is 0 Å². The number of alkyl carbamates (subject to hydrolysis) is 2. The van der Waals surface area contributed by atoms with E-state index in [-0.39, 0.29) is 41.9 Å². The molecule has 0 aliphatic heterocycles. The van der Waals surface area contributed by atoms with Crippen LogP contribution in [0.3, 0.4) is 0 Å². The van der Waals surface area contributed by atoms with Crippen molar-refractivity contribution in [2.24, 2.45) is 0 Å². The molecule has 0 aromatic heterocycles. The van der Waals surface area contributed by atoms with Crippen LogP contribution in [0.2, 0.25) is 5.02 Å². The van der Waals surface area contributed by atoms with E-state index in [1.165, 1.54) is 18.2 Å². The molecule has 0 saturated heterocycles. The second-order valence-electron chi connectivity index (χ2n) is 7.65. The molecule has 0 bridgehead atoms. The summed E-state index contributed by atoms with van der Waals surface area (Å²) >= 11 is 6.17. The Morgan fingerprint density at radius 3 is 2.16 bits per heavy atom. The van der Waals surface area contributed by atoms with Crippen molar-refractivity contribution in [2.45, 2.75) is 13.5 Å². The fourth-order valence-corrected chi connectivity index (χ4v) is 3.49. The Morgan fingerprint density at radius 2 is 1.49 bits per heavy atom. The predicted octanol–water partition coefficient (Wildman–Crippen LogP) is 4.53. The molecule has 37 heavy (non-hydrogen) atoms. The number of benzene rings is 3. The highest BCUT2D eigenvalue weighted by molar-refractivity contribution is 6.31. The quantitative estimate of drug-likeness (QED) is 0.298. The van der Waals surface area contributed by atoms with E-state index in [1.807, 2.05) is 18.2 Å². The average Bonchev–Trinajstić information content (AvgIpc) is 2.92. The van der Waals surface area contributed by atoms with Gasteiger partial charge in [-0.1, -0.05) is 72.3 Å². The molecule has 3 aromatic carbocycles. The standard InChI is InChI=1S/C27H26ClN3O6/c1-2-36-27(35)30-18-31(24(32)16-29-26(34)37-17-19-9-5-3-6-10-19)23-14-13-21(28)15-22(23)25(33)20-11-7-4-8-12-20/h3-15H,2,16-18H2,1H3,(H,29,34)(H,30,35). The first-order chi connectivity index (χ1) is 17.9. The van der Waals surface area contributed by atoms with E-state index in [0.717, 1.165) is 10.5 Å². The van der Waals surface area contributed by atoms with Crippen LogP contribution >= 0.6 is 11.6 Å². The van der Waals surface area contributed by atoms with Crippen LogP contribution in [0, 0.1) is 0 Å². The smallest absolute Gasteiger partial charge is 0.408 e. The Labute approximate surface area is 219 Å². The van der Waals surface area contributed by atoms with Crippen LogP contribution in [-0.4, -0.2) is 43.7 Å². The van der Waals surface area contributed by atoms with Crippen LogP contribution in [-0.2, 0) is 20.9 Å². The highest BCUT2D eigenvalue weighted by Crippen LogP contribution is 2.27. The van der Waals surface area contributed by atoms with Crippen molar-refractivity contribution < 1.29 is 28.7 Å². The highest BCUT2D eigenvalue weighted by atomic mass is 35.5. The van der Waals surface area contributed by atoms with E-state index >= 15 is 0 Å². The molecule has 0 radical (unpaired) electrons. The average molecular weight is 524 g/mol. The molecule has 0 fully saturated rings. The molecule has 0 atom stereocenters. The number of hydrogen-bond acceptors (Lipinski definition) is 6. The predicted molar refractivity (Wildman–Crippen MR) is 138 cm³/mol. The van der Waals surface area contributed by atoms with Crippen molar-refractivity contribution in [3.63, 3.8) is 0 Å². The van der Waals surface area contributed by atoms with E-state index < -0.39 is 24.6 Å². The van der Waals surface area contributed by atoms with Gasteiger partial charge in [0.1, 0.15) is 19.8 Å². The number of halogens is 1. The van der Waals surface area contributed by atoms with E-state index in [2.05, 4.69) is 10.6 Å². The minimum absolute atomic E-state index is 0.0297. The molecule has 9 nitrogen and oxygen atoms in total. The number of carbonyl (C=O) groups is 4. The van der Waals surface area contributed by atoms with Crippen LogP contribution in [0.1, 0.15) is 28.4 Å². The zero-order valence-corrected chi connectivity index (χ0v) is 20.9. The van der Waals surface area contributed by atoms with Gasteiger partial charge in [0.05, 0.1) is 12.3 Å². The van der Waals surface area contributed by atoms with Crippen molar-refractivity contribution in [1.29, 1.82) is 0 Å². The molecule has 3 amide bonds. The summed E-state index contributed by atoms with van der Waals surface area (Å²) in [6, 6.07) is 22.0. The lowest BCUT2D eigenvalue weighted by Gasteiger charge is -2.25. The molecule has 0 heterocycles. The van der Waals surface area contributed by atoms with Gasteiger partial charge < -0.3 is 20.1 Å². The molecule has 10 heteroatoms. The zero-order chi connectivity index (χ0) is 26.6. The molecule has 3 aromatic rings. The summed E-state index contributed by atoms with van der Waals surface area (Å²) < 4.78 is 10.0. The molecule has 0 aliphatic carbocycles. The monoisotopic (exact) mass is 523 g/mol. The number of anilines is 1. The second-order valence-corrected chi connectivity index (χ2v) is 8.09. The number of ketones is 1. The molecular weight excluding hydrogens is 498 g/mol. The van der Waals surface area contributed by atoms with Gasteiger partial charge >= 0.3 is 12.2 Å². The third-order valence-corrected chi connectivity index (χ3v) is 5.32. The Kier molecular flexibility index (Phi) is 10.0. The Morgan fingerprint density at radius 1 is 0.838 bits per heavy atom. The molecule has 3 rings (SSSR count). The summed E-state index contributed by atoms with van der Waals surface area (Å²) in [7, 11) is 0. The molecule has 2 N–H and O–H groups in total. The lowest BCUT2D eigenvalue weighted by molar-refractivity contribution is -0.117. The van der Waals surface area contributed by atoms with Gasteiger partial charge in [0, 0.05) is 16.1 Å². The van der Waals surface area contributed by atoms with E-state index in [0.29, 0.717) is 5.56 Å². The maximum Gasteiger partial charge on any atom is 0.408 e. The normalized spacial score (nSPS) is 10.2. The van der Waals surface area contributed by atoms with Crippen molar-refractivity contribution >= 4 is 41.2 Å². The van der Waals surface area contributed by atoms with E-state index in [1.54, 1.807) is 49.4 Å². The highest BCUT2D eigenvalue weighted by Gasteiger charge is 2.24. The van der Waals surface area contributed by atoms with Crippen LogP contribution in [0.5, 0.6) is 0 Å². The van der Waals surface area contributed by atoms with Crippen molar-refractivity contribution in [2.75, 3.05) is 24.7 Å². The minimum atomic E-state index is -0.799. The summed E-state index contributed by atoms with van der Waals surface area (Å²) in [5.41, 5.74) is 1.51. The number of nitrogens with one attached hydrogen (secondary N) is 2. The van der Waals surface area contributed by atoms with Crippen LogP contribution < -0.4 is 15.5 Å².